The van der Waals surface area contributed by atoms with Crippen molar-refractivity contribution >= 4 is 40.6 Å². The third-order valence-electron chi connectivity index (χ3n) is 3.35. The van der Waals surface area contributed by atoms with Crippen LogP contribution in [0.3, 0.4) is 0 Å². The van der Waals surface area contributed by atoms with E-state index >= 15 is 0 Å². The van der Waals surface area contributed by atoms with Crippen molar-refractivity contribution in [3.63, 3.8) is 0 Å². The molecule has 7 nitrogen and oxygen atoms in total. The molecule has 1 N–H and O–H groups in total. The van der Waals surface area contributed by atoms with E-state index in [1.54, 1.807) is 0 Å². The summed E-state index contributed by atoms with van der Waals surface area (Å²) < 4.78 is 8.81. The third kappa shape index (κ3) is 7.13. The number of carbonyl (C=O) groups excluding carboxylic acids is 3. The van der Waals surface area contributed by atoms with Gasteiger partial charge < -0.3 is 9.57 Å². The van der Waals surface area contributed by atoms with Crippen LogP contribution in [0.25, 0.3) is 0 Å². The van der Waals surface area contributed by atoms with Crippen LogP contribution in [0.1, 0.15) is 47.0 Å². The van der Waals surface area contributed by atoms with E-state index in [0.717, 1.165) is 6.54 Å². The van der Waals surface area contributed by atoms with Gasteiger partial charge in [-0.2, -0.15) is 0 Å². The summed E-state index contributed by atoms with van der Waals surface area (Å²) in [6, 6.07) is 0. The Morgan fingerprint density at radius 1 is 1.13 bits per heavy atom. The van der Waals surface area contributed by atoms with Crippen molar-refractivity contribution in [3.05, 3.63) is 0 Å². The van der Waals surface area contributed by atoms with Gasteiger partial charge in [0.2, 0.25) is 0 Å². The minimum Gasteiger partial charge on any atom is -0.380 e. The monoisotopic (exact) mass is 440 g/mol. The van der Waals surface area contributed by atoms with Crippen LogP contribution in [-0.4, -0.2) is 42.6 Å². The third-order valence-corrected chi connectivity index (χ3v) is 3.73. The average molecular weight is 440 g/mol. The highest BCUT2D eigenvalue weighted by atomic mass is 127. The minimum atomic E-state index is -0.601. The molecule has 1 aliphatic rings. The molecule has 0 aromatic carbocycles. The molecule has 132 valence electrons. The number of amides is 2. The summed E-state index contributed by atoms with van der Waals surface area (Å²) in [5.74, 6) is -1.54. The van der Waals surface area contributed by atoms with Gasteiger partial charge in [0.25, 0.3) is 11.8 Å². The topological polar surface area (TPSA) is 84.9 Å². The van der Waals surface area contributed by atoms with Crippen LogP contribution in [0.15, 0.2) is 0 Å². The molecule has 0 bridgehead atoms. The quantitative estimate of drug-likeness (QED) is 0.336. The Morgan fingerprint density at radius 2 is 1.65 bits per heavy atom. The second-order valence-electron chi connectivity index (χ2n) is 7.35. The molecule has 0 aromatic rings. The molecule has 0 atom stereocenters. The molecule has 0 saturated carbocycles. The van der Waals surface area contributed by atoms with Crippen LogP contribution in [0, 0.1) is 10.8 Å². The normalized spacial score (nSPS) is 16.1. The number of carbonyl (C=O) groups is 3. The number of halogens is 1. The number of hydroxylamine groups is 2. The van der Waals surface area contributed by atoms with Crippen molar-refractivity contribution in [3.8, 4) is 0 Å². The van der Waals surface area contributed by atoms with E-state index in [0.29, 0.717) is 18.3 Å². The molecule has 0 aliphatic carbocycles. The van der Waals surface area contributed by atoms with Gasteiger partial charge in [-0.3, -0.25) is 13.1 Å². The molecule has 1 heterocycles. The van der Waals surface area contributed by atoms with Gasteiger partial charge in [-0.05, 0) is 5.41 Å². The van der Waals surface area contributed by atoms with E-state index in [9.17, 15) is 14.4 Å². The average Bonchev–Trinajstić information content (AvgIpc) is 2.69. The first kappa shape index (κ1) is 20.3. The zero-order chi connectivity index (χ0) is 17.7. The van der Waals surface area contributed by atoms with Gasteiger partial charge in [0.15, 0.2) is 0 Å². The smallest absolute Gasteiger partial charge is 0.333 e. The zero-order valence-electron chi connectivity index (χ0n) is 14.1. The first-order valence-corrected chi connectivity index (χ1v) is 8.62. The predicted octanol–water partition coefficient (Wildman–Crippen LogP) is 1.99. The maximum atomic E-state index is 11.9. The predicted molar refractivity (Wildman–Crippen MR) is 92.2 cm³/mol. The molecule has 0 aromatic heterocycles. The SMILES string of the molecule is CC(C)(CNI)COCC(C)(C)CC(=O)ON1C(=O)CCC1=O. The van der Waals surface area contributed by atoms with Crippen molar-refractivity contribution in [2.75, 3.05) is 19.8 Å². The van der Waals surface area contributed by atoms with Crippen molar-refractivity contribution in [2.24, 2.45) is 10.8 Å². The van der Waals surface area contributed by atoms with E-state index in [-0.39, 0.29) is 24.7 Å². The molecule has 1 rings (SSSR count). The van der Waals surface area contributed by atoms with Crippen LogP contribution < -0.4 is 3.53 Å². The Labute approximate surface area is 150 Å². The summed E-state index contributed by atoms with van der Waals surface area (Å²) in [5.41, 5.74) is -0.455. The van der Waals surface area contributed by atoms with Crippen LogP contribution >= 0.6 is 22.9 Å². The largest absolute Gasteiger partial charge is 0.380 e. The molecule has 1 fully saturated rings. The van der Waals surface area contributed by atoms with Crippen molar-refractivity contribution in [1.29, 1.82) is 0 Å². The highest BCUT2D eigenvalue weighted by Crippen LogP contribution is 2.24. The van der Waals surface area contributed by atoms with Gasteiger partial charge in [0.05, 0.1) is 19.6 Å². The van der Waals surface area contributed by atoms with E-state index in [2.05, 4.69) is 40.2 Å². The molecule has 0 unspecified atom stereocenters. The summed E-state index contributed by atoms with van der Waals surface area (Å²) >= 11 is 2.10. The molecular weight excluding hydrogens is 415 g/mol. The second kappa shape index (κ2) is 8.39. The number of ether oxygens (including phenoxy) is 1. The van der Waals surface area contributed by atoms with Crippen molar-refractivity contribution in [2.45, 2.75) is 47.0 Å². The Bertz CT molecular complexity index is 449. The summed E-state index contributed by atoms with van der Waals surface area (Å²) in [7, 11) is 0. The Kier molecular flexibility index (Phi) is 7.40. The highest BCUT2D eigenvalue weighted by Gasteiger charge is 2.34. The van der Waals surface area contributed by atoms with Gasteiger partial charge in [-0.1, -0.05) is 27.7 Å². The molecular formula is C15H25IN2O5. The lowest BCUT2D eigenvalue weighted by atomic mass is 9.90. The van der Waals surface area contributed by atoms with Crippen LogP contribution in [-0.2, 0) is 24.0 Å². The molecule has 8 heteroatoms. The first-order valence-electron chi connectivity index (χ1n) is 7.54. The van der Waals surface area contributed by atoms with E-state index in [4.69, 9.17) is 9.57 Å². The van der Waals surface area contributed by atoms with Gasteiger partial charge >= 0.3 is 5.97 Å². The fraction of sp³-hybridized carbons (Fsp3) is 0.800. The summed E-state index contributed by atoms with van der Waals surface area (Å²) in [6.45, 7) is 9.69. The summed E-state index contributed by atoms with van der Waals surface area (Å²) in [6.07, 6.45) is 0.256. The summed E-state index contributed by atoms with van der Waals surface area (Å²) in [5, 5.41) is 0.578. The first-order chi connectivity index (χ1) is 10.6. The molecule has 0 radical (unpaired) electrons. The Hall–Kier alpha value is -0.740. The van der Waals surface area contributed by atoms with Gasteiger partial charge in [-0.15, -0.1) is 5.06 Å². The minimum absolute atomic E-state index is 0.00777. The number of rotatable bonds is 9. The maximum Gasteiger partial charge on any atom is 0.333 e. The van der Waals surface area contributed by atoms with Gasteiger partial charge in [0.1, 0.15) is 0 Å². The van der Waals surface area contributed by atoms with Gasteiger partial charge in [0, 0.05) is 47.7 Å². The fourth-order valence-electron chi connectivity index (χ4n) is 2.07. The van der Waals surface area contributed by atoms with Crippen molar-refractivity contribution < 1.29 is 24.0 Å². The second-order valence-corrected chi connectivity index (χ2v) is 8.12. The lowest BCUT2D eigenvalue weighted by Gasteiger charge is -2.28. The molecule has 1 saturated heterocycles. The van der Waals surface area contributed by atoms with Crippen LogP contribution in [0.4, 0.5) is 0 Å². The molecule has 1 aliphatic heterocycles. The lowest BCUT2D eigenvalue weighted by Crippen LogP contribution is -2.35. The van der Waals surface area contributed by atoms with E-state index in [1.165, 1.54) is 0 Å². The standard InChI is InChI=1S/C15H25IN2O5/c1-14(2,9-22-10-15(3,4)8-17-16)7-13(21)23-18-11(19)5-6-12(18)20/h17H,5-10H2,1-4H3. The Balaban J connectivity index is 2.40. The number of imide groups is 1. The van der Waals surface area contributed by atoms with E-state index < -0.39 is 23.2 Å². The van der Waals surface area contributed by atoms with E-state index in [1.807, 2.05) is 13.8 Å². The highest BCUT2D eigenvalue weighted by molar-refractivity contribution is 14.1. The molecule has 2 amide bonds. The lowest BCUT2D eigenvalue weighted by molar-refractivity contribution is -0.199. The Morgan fingerprint density at radius 3 is 2.17 bits per heavy atom. The fourth-order valence-corrected chi connectivity index (χ4v) is 3.10. The molecule has 23 heavy (non-hydrogen) atoms. The van der Waals surface area contributed by atoms with Crippen LogP contribution in [0.2, 0.25) is 0 Å². The maximum absolute atomic E-state index is 11.9. The van der Waals surface area contributed by atoms with Crippen LogP contribution in [0.5, 0.6) is 0 Å². The number of hydrogen-bond donors (Lipinski definition) is 1. The molecule has 0 spiro atoms. The summed E-state index contributed by atoms with van der Waals surface area (Å²) in [4.78, 5) is 39.7. The number of nitrogens with zero attached hydrogens (tertiary/aromatic N) is 1. The van der Waals surface area contributed by atoms with Crippen molar-refractivity contribution in [1.82, 2.24) is 8.59 Å². The number of nitrogens with one attached hydrogen (secondary N) is 1. The zero-order valence-corrected chi connectivity index (χ0v) is 16.3. The van der Waals surface area contributed by atoms with Gasteiger partial charge in [-0.25, -0.2) is 4.79 Å². The number of hydrogen-bond acceptors (Lipinski definition) is 6.